The van der Waals surface area contributed by atoms with Crippen LogP contribution in [0.1, 0.15) is 26.5 Å². The summed E-state index contributed by atoms with van der Waals surface area (Å²) in [5, 5.41) is 10.2. The van der Waals surface area contributed by atoms with Crippen LogP contribution in [-0.4, -0.2) is 26.7 Å². The fourth-order valence-corrected chi connectivity index (χ4v) is 0.953. The molecule has 0 aliphatic rings. The number of amides is 1. The Labute approximate surface area is 88.6 Å². The van der Waals surface area contributed by atoms with Crippen molar-refractivity contribution in [3.8, 4) is 0 Å². The molecule has 1 rings (SSSR count). The van der Waals surface area contributed by atoms with Crippen molar-refractivity contribution >= 4 is 6.09 Å². The molecule has 84 valence electrons. The van der Waals surface area contributed by atoms with Gasteiger partial charge >= 0.3 is 6.09 Å². The van der Waals surface area contributed by atoms with E-state index in [2.05, 4.69) is 15.6 Å². The van der Waals surface area contributed by atoms with E-state index in [1.807, 2.05) is 20.8 Å². The van der Waals surface area contributed by atoms with Gasteiger partial charge in [-0.25, -0.2) is 4.79 Å². The van der Waals surface area contributed by atoms with Gasteiger partial charge in [0.2, 0.25) is 0 Å². The maximum atomic E-state index is 11.3. The molecule has 0 unspecified atom stereocenters. The lowest BCUT2D eigenvalue weighted by atomic mass is 10.2. The van der Waals surface area contributed by atoms with Gasteiger partial charge in [0, 0.05) is 13.2 Å². The number of nitrogens with one attached hydrogen (secondary N) is 1. The predicted molar refractivity (Wildman–Crippen MR) is 54.1 cm³/mol. The van der Waals surface area contributed by atoms with Crippen molar-refractivity contribution in [3.63, 3.8) is 0 Å². The van der Waals surface area contributed by atoms with Gasteiger partial charge in [-0.2, -0.15) is 0 Å². The lowest BCUT2D eigenvalue weighted by Crippen LogP contribution is -2.32. The molecule has 6 heteroatoms. The Balaban J connectivity index is 2.35. The molecule has 0 saturated heterocycles. The third-order valence-corrected chi connectivity index (χ3v) is 1.46. The fraction of sp³-hybridized carbons (Fsp3) is 0.667. The predicted octanol–water partition coefficient (Wildman–Crippen LogP) is 0.840. The summed E-state index contributed by atoms with van der Waals surface area (Å²) in [5.41, 5.74) is 0.218. The van der Waals surface area contributed by atoms with Crippen LogP contribution in [0.3, 0.4) is 0 Å². The number of aryl methyl sites for hydroxylation is 1. The van der Waals surface area contributed by atoms with Crippen LogP contribution in [0.2, 0.25) is 0 Å². The SMILES string of the molecule is Cn1cc(CNC(=O)OC(C)(C)C)nn1. The Kier molecular flexibility index (Phi) is 3.28. The Bertz CT molecular complexity index is 340. The van der Waals surface area contributed by atoms with Gasteiger partial charge in [-0.15, -0.1) is 5.10 Å². The van der Waals surface area contributed by atoms with Crippen LogP contribution < -0.4 is 5.32 Å². The molecule has 1 N–H and O–H groups in total. The minimum atomic E-state index is -0.480. The number of hydrogen-bond acceptors (Lipinski definition) is 4. The summed E-state index contributed by atoms with van der Waals surface area (Å²) < 4.78 is 6.64. The molecule has 0 saturated carbocycles. The molecule has 0 aromatic carbocycles. The molecule has 0 aliphatic heterocycles. The zero-order valence-corrected chi connectivity index (χ0v) is 9.44. The van der Waals surface area contributed by atoms with Crippen molar-refractivity contribution in [2.24, 2.45) is 7.05 Å². The maximum absolute atomic E-state index is 11.3. The molecule has 1 amide bonds. The van der Waals surface area contributed by atoms with Gasteiger partial charge in [0.1, 0.15) is 11.3 Å². The highest BCUT2D eigenvalue weighted by Crippen LogP contribution is 2.06. The summed E-state index contributed by atoms with van der Waals surface area (Å²) in [5.74, 6) is 0. The second-order valence-electron chi connectivity index (χ2n) is 4.24. The van der Waals surface area contributed by atoms with Crippen molar-refractivity contribution in [2.75, 3.05) is 0 Å². The van der Waals surface area contributed by atoms with E-state index < -0.39 is 11.7 Å². The third-order valence-electron chi connectivity index (χ3n) is 1.46. The Hall–Kier alpha value is -1.59. The van der Waals surface area contributed by atoms with E-state index >= 15 is 0 Å². The van der Waals surface area contributed by atoms with Crippen LogP contribution in [-0.2, 0) is 18.3 Å². The number of aromatic nitrogens is 3. The molecule has 15 heavy (non-hydrogen) atoms. The summed E-state index contributed by atoms with van der Waals surface area (Å²) in [6.07, 6.45) is 1.28. The Morgan fingerprint density at radius 2 is 2.27 bits per heavy atom. The first-order valence-corrected chi connectivity index (χ1v) is 4.69. The standard InChI is InChI=1S/C9H16N4O2/c1-9(2,3)15-8(14)10-5-7-6-13(4)12-11-7/h6H,5H2,1-4H3,(H,10,14). The second-order valence-corrected chi connectivity index (χ2v) is 4.24. The zero-order valence-electron chi connectivity index (χ0n) is 9.44. The van der Waals surface area contributed by atoms with Crippen molar-refractivity contribution < 1.29 is 9.53 Å². The largest absolute Gasteiger partial charge is 0.444 e. The first-order chi connectivity index (χ1) is 6.87. The van der Waals surface area contributed by atoms with Crippen LogP contribution in [0.4, 0.5) is 4.79 Å². The van der Waals surface area contributed by atoms with E-state index in [0.29, 0.717) is 12.2 Å². The van der Waals surface area contributed by atoms with Crippen LogP contribution in [0.15, 0.2) is 6.20 Å². The average molecular weight is 212 g/mol. The number of nitrogens with zero attached hydrogens (tertiary/aromatic N) is 3. The highest BCUT2D eigenvalue weighted by atomic mass is 16.6. The van der Waals surface area contributed by atoms with E-state index in [0.717, 1.165) is 0 Å². The van der Waals surface area contributed by atoms with Gasteiger partial charge in [0.15, 0.2) is 0 Å². The molecule has 0 bridgehead atoms. The quantitative estimate of drug-likeness (QED) is 0.788. The van der Waals surface area contributed by atoms with E-state index in [9.17, 15) is 4.79 Å². The molecule has 0 radical (unpaired) electrons. The van der Waals surface area contributed by atoms with Crippen molar-refractivity contribution in [1.29, 1.82) is 0 Å². The highest BCUT2D eigenvalue weighted by Gasteiger charge is 2.15. The average Bonchev–Trinajstić information content (AvgIpc) is 2.45. The monoisotopic (exact) mass is 212 g/mol. The van der Waals surface area contributed by atoms with E-state index in [-0.39, 0.29) is 0 Å². The normalized spacial score (nSPS) is 11.2. The van der Waals surface area contributed by atoms with Crippen LogP contribution >= 0.6 is 0 Å². The number of hydrogen-bond donors (Lipinski definition) is 1. The van der Waals surface area contributed by atoms with Gasteiger partial charge < -0.3 is 10.1 Å². The minimum Gasteiger partial charge on any atom is -0.444 e. The molecule has 1 aromatic heterocycles. The van der Waals surface area contributed by atoms with Crippen LogP contribution in [0.5, 0.6) is 0 Å². The van der Waals surface area contributed by atoms with Crippen LogP contribution in [0.25, 0.3) is 0 Å². The van der Waals surface area contributed by atoms with Gasteiger partial charge in [0.25, 0.3) is 0 Å². The van der Waals surface area contributed by atoms with Gasteiger partial charge in [-0.1, -0.05) is 5.21 Å². The number of ether oxygens (including phenoxy) is 1. The topological polar surface area (TPSA) is 69.0 Å². The first-order valence-electron chi connectivity index (χ1n) is 4.69. The molecule has 0 fully saturated rings. The summed E-state index contributed by atoms with van der Waals surface area (Å²) in [6, 6.07) is 0. The smallest absolute Gasteiger partial charge is 0.407 e. The molecule has 0 atom stereocenters. The van der Waals surface area contributed by atoms with E-state index in [4.69, 9.17) is 4.74 Å². The zero-order chi connectivity index (χ0) is 11.5. The second kappa shape index (κ2) is 4.29. The van der Waals surface area contributed by atoms with Crippen molar-refractivity contribution in [1.82, 2.24) is 20.3 Å². The van der Waals surface area contributed by atoms with Crippen LogP contribution in [0, 0.1) is 0 Å². The number of carbonyl (C=O) groups is 1. The fourth-order valence-electron chi connectivity index (χ4n) is 0.953. The summed E-state index contributed by atoms with van der Waals surface area (Å²) >= 11 is 0. The number of carbonyl (C=O) groups excluding carboxylic acids is 1. The molecule has 1 heterocycles. The lowest BCUT2D eigenvalue weighted by molar-refractivity contribution is 0.0523. The number of rotatable bonds is 2. The summed E-state index contributed by atoms with van der Waals surface area (Å²) in [6.45, 7) is 5.77. The van der Waals surface area contributed by atoms with Crippen molar-refractivity contribution in [3.05, 3.63) is 11.9 Å². The van der Waals surface area contributed by atoms with Gasteiger partial charge in [-0.05, 0) is 20.8 Å². The van der Waals surface area contributed by atoms with E-state index in [1.165, 1.54) is 0 Å². The van der Waals surface area contributed by atoms with E-state index in [1.54, 1.807) is 17.9 Å². The van der Waals surface area contributed by atoms with Crippen molar-refractivity contribution in [2.45, 2.75) is 32.9 Å². The molecule has 6 nitrogen and oxygen atoms in total. The Morgan fingerprint density at radius 1 is 1.60 bits per heavy atom. The molecular weight excluding hydrogens is 196 g/mol. The maximum Gasteiger partial charge on any atom is 0.407 e. The van der Waals surface area contributed by atoms with Gasteiger partial charge in [0.05, 0.1) is 6.54 Å². The molecule has 0 spiro atoms. The molecule has 1 aromatic rings. The van der Waals surface area contributed by atoms with Gasteiger partial charge in [-0.3, -0.25) is 4.68 Å². The molecule has 0 aliphatic carbocycles. The summed E-state index contributed by atoms with van der Waals surface area (Å²) in [4.78, 5) is 11.3. The minimum absolute atomic E-state index is 0.322. The lowest BCUT2D eigenvalue weighted by Gasteiger charge is -2.19. The molecular formula is C9H16N4O2. The summed E-state index contributed by atoms with van der Waals surface area (Å²) in [7, 11) is 1.77. The highest BCUT2D eigenvalue weighted by molar-refractivity contribution is 5.67. The number of alkyl carbamates (subject to hydrolysis) is 1. The third kappa shape index (κ3) is 4.44. The first kappa shape index (κ1) is 11.5. The Morgan fingerprint density at radius 3 is 2.73 bits per heavy atom.